The second-order valence-corrected chi connectivity index (χ2v) is 7.20. The summed E-state index contributed by atoms with van der Waals surface area (Å²) in [6.45, 7) is 3.03. The van der Waals surface area contributed by atoms with Gasteiger partial charge in [0.2, 0.25) is 0 Å². The summed E-state index contributed by atoms with van der Waals surface area (Å²) < 4.78 is 0. The fraction of sp³-hybridized carbons (Fsp3) is 0.273. The maximum atomic E-state index is 12.7. The van der Waals surface area contributed by atoms with Crippen molar-refractivity contribution in [3.8, 4) is 0 Å². The Balaban J connectivity index is 1.38. The predicted molar refractivity (Wildman–Crippen MR) is 115 cm³/mol. The third-order valence-electron chi connectivity index (χ3n) is 5.17. The van der Waals surface area contributed by atoms with Gasteiger partial charge in [0.15, 0.2) is 0 Å². The maximum absolute atomic E-state index is 12.7. The molecule has 4 rings (SSSR count). The first kappa shape index (κ1) is 18.1. The number of anilines is 3. The minimum absolute atomic E-state index is 0.0687. The lowest BCUT2D eigenvalue weighted by atomic mass is 10.2. The molecule has 2 heterocycles. The van der Waals surface area contributed by atoms with Crippen molar-refractivity contribution in [3.63, 3.8) is 0 Å². The Morgan fingerprint density at radius 2 is 1.68 bits per heavy atom. The number of hydrogen-bond acceptors (Lipinski definition) is 4. The number of benzene rings is 2. The number of fused-ring (bicyclic) bond motifs is 1. The zero-order chi connectivity index (χ0) is 19.5. The molecule has 1 N–H and O–H groups in total. The number of hydrogen-bond donors (Lipinski definition) is 1. The molecule has 1 aliphatic rings. The molecule has 1 saturated heterocycles. The summed E-state index contributed by atoms with van der Waals surface area (Å²) in [7, 11) is 4.08. The van der Waals surface area contributed by atoms with Crippen LogP contribution in [-0.4, -0.2) is 56.2 Å². The van der Waals surface area contributed by atoms with Crippen molar-refractivity contribution in [2.75, 3.05) is 55.4 Å². The molecule has 3 aromatic rings. The molecule has 0 saturated carbocycles. The van der Waals surface area contributed by atoms with Crippen molar-refractivity contribution < 1.29 is 4.79 Å². The molecule has 6 heteroatoms. The van der Waals surface area contributed by atoms with E-state index in [-0.39, 0.29) is 6.03 Å². The number of carbonyl (C=O) groups excluding carboxylic acids is 1. The number of rotatable bonds is 3. The van der Waals surface area contributed by atoms with Gasteiger partial charge in [0, 0.05) is 63.2 Å². The summed E-state index contributed by atoms with van der Waals surface area (Å²) in [6, 6.07) is 18.2. The number of carbonyl (C=O) groups is 1. The number of aromatic nitrogens is 1. The minimum Gasteiger partial charge on any atom is -0.378 e. The van der Waals surface area contributed by atoms with E-state index in [2.05, 4.69) is 44.4 Å². The highest BCUT2D eigenvalue weighted by molar-refractivity contribution is 5.99. The van der Waals surface area contributed by atoms with Gasteiger partial charge in [-0.15, -0.1) is 0 Å². The van der Waals surface area contributed by atoms with Crippen molar-refractivity contribution in [1.29, 1.82) is 0 Å². The van der Waals surface area contributed by atoms with Crippen LogP contribution in [0.15, 0.2) is 60.8 Å². The number of pyridine rings is 1. The Bertz CT molecular complexity index is 957. The normalized spacial score (nSPS) is 14.2. The van der Waals surface area contributed by atoms with Gasteiger partial charge in [-0.05, 0) is 36.4 Å². The molecule has 2 amide bonds. The minimum atomic E-state index is -0.0687. The number of para-hydroxylation sites is 1. The molecule has 1 aromatic heterocycles. The molecule has 0 spiro atoms. The molecule has 0 aliphatic carbocycles. The maximum Gasteiger partial charge on any atom is 0.322 e. The third kappa shape index (κ3) is 3.71. The molecule has 144 valence electrons. The van der Waals surface area contributed by atoms with E-state index in [1.54, 1.807) is 6.20 Å². The van der Waals surface area contributed by atoms with Crippen LogP contribution < -0.4 is 15.1 Å². The van der Waals surface area contributed by atoms with Gasteiger partial charge in [-0.1, -0.05) is 18.2 Å². The average molecular weight is 375 g/mol. The zero-order valence-electron chi connectivity index (χ0n) is 16.3. The fourth-order valence-corrected chi connectivity index (χ4v) is 3.53. The topological polar surface area (TPSA) is 51.7 Å². The molecular formula is C22H25N5O. The van der Waals surface area contributed by atoms with E-state index in [1.165, 1.54) is 11.4 Å². The number of urea groups is 1. The lowest BCUT2D eigenvalue weighted by molar-refractivity contribution is 0.208. The van der Waals surface area contributed by atoms with Crippen molar-refractivity contribution in [2.45, 2.75) is 0 Å². The van der Waals surface area contributed by atoms with Crippen LogP contribution in [0.2, 0.25) is 0 Å². The van der Waals surface area contributed by atoms with Crippen LogP contribution in [0.5, 0.6) is 0 Å². The quantitative estimate of drug-likeness (QED) is 0.759. The number of nitrogens with one attached hydrogen (secondary N) is 1. The van der Waals surface area contributed by atoms with Crippen molar-refractivity contribution in [1.82, 2.24) is 9.88 Å². The van der Waals surface area contributed by atoms with E-state index in [9.17, 15) is 4.79 Å². The van der Waals surface area contributed by atoms with E-state index >= 15 is 0 Å². The van der Waals surface area contributed by atoms with Gasteiger partial charge >= 0.3 is 6.03 Å². The molecule has 0 bridgehead atoms. The molecule has 0 radical (unpaired) electrons. The standard InChI is InChI=1S/C22H25N5O/c1-25(2)18-8-10-19(11-9-18)26-13-15-27(16-14-26)22(28)24-20-7-3-5-17-6-4-12-23-21(17)20/h3-12H,13-16H2,1-2H3,(H,24,28). The first-order valence-electron chi connectivity index (χ1n) is 9.54. The first-order chi connectivity index (χ1) is 13.6. The van der Waals surface area contributed by atoms with Crippen LogP contribution in [-0.2, 0) is 0 Å². The lowest BCUT2D eigenvalue weighted by Crippen LogP contribution is -2.50. The number of piperazine rings is 1. The van der Waals surface area contributed by atoms with Crippen LogP contribution >= 0.6 is 0 Å². The van der Waals surface area contributed by atoms with Crippen LogP contribution in [0.3, 0.4) is 0 Å². The van der Waals surface area contributed by atoms with Gasteiger partial charge < -0.3 is 20.0 Å². The van der Waals surface area contributed by atoms with Crippen molar-refractivity contribution in [3.05, 3.63) is 60.8 Å². The van der Waals surface area contributed by atoms with E-state index in [0.29, 0.717) is 13.1 Å². The monoisotopic (exact) mass is 375 g/mol. The summed E-state index contributed by atoms with van der Waals surface area (Å²) in [5.41, 5.74) is 3.96. The highest BCUT2D eigenvalue weighted by Gasteiger charge is 2.22. The lowest BCUT2D eigenvalue weighted by Gasteiger charge is -2.36. The van der Waals surface area contributed by atoms with Gasteiger partial charge in [0.1, 0.15) is 0 Å². The zero-order valence-corrected chi connectivity index (χ0v) is 16.3. The molecule has 0 unspecified atom stereocenters. The van der Waals surface area contributed by atoms with Crippen LogP contribution in [0, 0.1) is 0 Å². The summed E-state index contributed by atoms with van der Waals surface area (Å²) in [4.78, 5) is 23.4. The van der Waals surface area contributed by atoms with Gasteiger partial charge in [0.25, 0.3) is 0 Å². The molecule has 6 nitrogen and oxygen atoms in total. The van der Waals surface area contributed by atoms with E-state index in [1.807, 2.05) is 49.3 Å². The number of nitrogens with zero attached hydrogens (tertiary/aromatic N) is 4. The summed E-state index contributed by atoms with van der Waals surface area (Å²) in [6.07, 6.45) is 1.75. The van der Waals surface area contributed by atoms with Crippen LogP contribution in [0.25, 0.3) is 10.9 Å². The Morgan fingerprint density at radius 1 is 0.964 bits per heavy atom. The third-order valence-corrected chi connectivity index (χ3v) is 5.17. The predicted octanol–water partition coefficient (Wildman–Crippen LogP) is 3.65. The van der Waals surface area contributed by atoms with Gasteiger partial charge in [-0.3, -0.25) is 4.98 Å². The molecule has 28 heavy (non-hydrogen) atoms. The SMILES string of the molecule is CN(C)c1ccc(N2CCN(C(=O)Nc3cccc4cccnc34)CC2)cc1. The van der Waals surface area contributed by atoms with Crippen molar-refractivity contribution >= 4 is 34.0 Å². The van der Waals surface area contributed by atoms with Gasteiger partial charge in [-0.2, -0.15) is 0 Å². The second-order valence-electron chi connectivity index (χ2n) is 7.20. The number of amides is 2. The summed E-state index contributed by atoms with van der Waals surface area (Å²) in [5.74, 6) is 0. The average Bonchev–Trinajstić information content (AvgIpc) is 2.74. The second kappa shape index (κ2) is 7.76. The molecule has 2 aromatic carbocycles. The fourth-order valence-electron chi connectivity index (χ4n) is 3.53. The van der Waals surface area contributed by atoms with Gasteiger partial charge in [0.05, 0.1) is 11.2 Å². The molecule has 1 aliphatic heterocycles. The Labute approximate surface area is 165 Å². The van der Waals surface area contributed by atoms with Crippen LogP contribution in [0.1, 0.15) is 0 Å². The molecule has 0 atom stereocenters. The Kier molecular flexibility index (Phi) is 5.02. The van der Waals surface area contributed by atoms with E-state index < -0.39 is 0 Å². The smallest absolute Gasteiger partial charge is 0.322 e. The summed E-state index contributed by atoms with van der Waals surface area (Å²) >= 11 is 0. The highest BCUT2D eigenvalue weighted by Crippen LogP contribution is 2.23. The first-order valence-corrected chi connectivity index (χ1v) is 9.54. The van der Waals surface area contributed by atoms with Crippen LogP contribution in [0.4, 0.5) is 21.9 Å². The largest absolute Gasteiger partial charge is 0.378 e. The van der Waals surface area contributed by atoms with Gasteiger partial charge in [-0.25, -0.2) is 4.79 Å². The molecular weight excluding hydrogens is 350 g/mol. The van der Waals surface area contributed by atoms with Crippen molar-refractivity contribution in [2.24, 2.45) is 0 Å². The summed E-state index contributed by atoms with van der Waals surface area (Å²) in [5, 5.41) is 4.05. The molecule has 1 fully saturated rings. The Hall–Kier alpha value is -3.28. The highest BCUT2D eigenvalue weighted by atomic mass is 16.2. The van der Waals surface area contributed by atoms with E-state index in [4.69, 9.17) is 0 Å². The Morgan fingerprint density at radius 3 is 2.39 bits per heavy atom. The van der Waals surface area contributed by atoms with E-state index in [0.717, 1.165) is 29.7 Å².